The minimum Gasteiger partial charge on any atom is -0.303 e. The fourth-order valence-electron chi connectivity index (χ4n) is 2.49. The highest BCUT2D eigenvalue weighted by atomic mass is 16.2. The van der Waals surface area contributed by atoms with E-state index in [2.05, 4.69) is 11.8 Å². The summed E-state index contributed by atoms with van der Waals surface area (Å²) in [7, 11) is 0. The molecule has 2 heterocycles. The molecular weight excluding hydrogens is 204 g/mol. The van der Waals surface area contributed by atoms with Gasteiger partial charge in [-0.15, -0.1) is 0 Å². The van der Waals surface area contributed by atoms with Crippen molar-refractivity contribution in [1.82, 2.24) is 9.80 Å². The fraction of sp³-hybridized carbons (Fsp3) is 0.667. The Morgan fingerprint density at radius 1 is 1.19 bits per heavy atom. The van der Waals surface area contributed by atoms with Crippen LogP contribution in [0.4, 0.5) is 0 Å². The molecule has 0 saturated carbocycles. The smallest absolute Gasteiger partial charge is 0.253 e. The van der Waals surface area contributed by atoms with E-state index in [1.807, 2.05) is 0 Å². The van der Waals surface area contributed by atoms with Crippen LogP contribution in [0, 0.1) is 0 Å². The monoisotopic (exact) mass is 222 g/mol. The molecule has 16 heavy (non-hydrogen) atoms. The Hall–Kier alpha value is -1.16. The molecule has 0 unspecified atom stereocenters. The molecule has 88 valence electrons. The number of carbonyl (C=O) groups excluding carboxylic acids is 2. The second-order valence-corrected chi connectivity index (χ2v) is 4.45. The minimum atomic E-state index is -0.140. The van der Waals surface area contributed by atoms with E-state index >= 15 is 0 Å². The summed E-state index contributed by atoms with van der Waals surface area (Å²) in [6, 6.07) is 0.114. The van der Waals surface area contributed by atoms with Crippen molar-refractivity contribution in [2.24, 2.45) is 0 Å². The molecular formula is C12H18N2O2. The van der Waals surface area contributed by atoms with Crippen molar-refractivity contribution in [2.75, 3.05) is 19.6 Å². The third-order valence-electron chi connectivity index (χ3n) is 3.31. The molecule has 2 amide bonds. The molecule has 0 bridgehead atoms. The van der Waals surface area contributed by atoms with Crippen molar-refractivity contribution in [1.29, 1.82) is 0 Å². The highest BCUT2D eigenvalue weighted by Crippen LogP contribution is 2.20. The summed E-state index contributed by atoms with van der Waals surface area (Å²) in [5, 5.41) is 0. The third-order valence-corrected chi connectivity index (χ3v) is 3.31. The molecule has 0 N–H and O–H groups in total. The van der Waals surface area contributed by atoms with Crippen LogP contribution in [-0.4, -0.2) is 47.3 Å². The van der Waals surface area contributed by atoms with Crippen molar-refractivity contribution in [2.45, 2.75) is 32.2 Å². The number of imide groups is 1. The molecule has 0 aromatic heterocycles. The number of likely N-dealkylation sites (tertiary alicyclic amines) is 1. The minimum absolute atomic E-state index is 0.114. The van der Waals surface area contributed by atoms with Crippen LogP contribution in [0.15, 0.2) is 12.2 Å². The Morgan fingerprint density at radius 2 is 1.75 bits per heavy atom. The molecule has 1 fully saturated rings. The predicted octanol–water partition coefficient (Wildman–Crippen LogP) is 0.786. The Kier molecular flexibility index (Phi) is 3.39. The van der Waals surface area contributed by atoms with Gasteiger partial charge in [-0.05, 0) is 25.8 Å². The zero-order valence-corrected chi connectivity index (χ0v) is 9.69. The Balaban J connectivity index is 1.89. The summed E-state index contributed by atoms with van der Waals surface area (Å²) < 4.78 is 0. The standard InChI is InChI=1S/C12H18N2O2/c1-2-7-13-8-5-10(6-9-13)14-11(15)3-4-12(14)16/h3-4,10H,2,5-9H2,1H3. The number of nitrogens with zero attached hydrogens (tertiary/aromatic N) is 2. The van der Waals surface area contributed by atoms with Gasteiger partial charge in [-0.3, -0.25) is 14.5 Å². The van der Waals surface area contributed by atoms with Gasteiger partial charge in [0.2, 0.25) is 0 Å². The zero-order chi connectivity index (χ0) is 11.5. The molecule has 2 aliphatic rings. The van der Waals surface area contributed by atoms with Gasteiger partial charge >= 0.3 is 0 Å². The highest BCUT2D eigenvalue weighted by Gasteiger charge is 2.33. The second-order valence-electron chi connectivity index (χ2n) is 4.45. The lowest BCUT2D eigenvalue weighted by Gasteiger charge is -2.35. The van der Waals surface area contributed by atoms with Crippen molar-refractivity contribution in [3.05, 3.63) is 12.2 Å². The van der Waals surface area contributed by atoms with Crippen LogP contribution in [0.25, 0.3) is 0 Å². The number of carbonyl (C=O) groups is 2. The maximum Gasteiger partial charge on any atom is 0.253 e. The van der Waals surface area contributed by atoms with Gasteiger partial charge in [0, 0.05) is 31.3 Å². The first-order chi connectivity index (χ1) is 7.72. The maximum absolute atomic E-state index is 11.5. The quantitative estimate of drug-likeness (QED) is 0.663. The first kappa shape index (κ1) is 11.3. The number of hydrogen-bond acceptors (Lipinski definition) is 3. The topological polar surface area (TPSA) is 40.6 Å². The Bertz CT molecular complexity index is 299. The highest BCUT2D eigenvalue weighted by molar-refractivity contribution is 6.13. The van der Waals surface area contributed by atoms with Crippen molar-refractivity contribution < 1.29 is 9.59 Å². The molecule has 4 heteroatoms. The van der Waals surface area contributed by atoms with E-state index in [0.717, 1.165) is 38.9 Å². The maximum atomic E-state index is 11.5. The summed E-state index contributed by atoms with van der Waals surface area (Å²) in [6.07, 6.45) is 5.74. The Morgan fingerprint density at radius 3 is 2.25 bits per heavy atom. The first-order valence-corrected chi connectivity index (χ1v) is 6.00. The van der Waals surface area contributed by atoms with Gasteiger partial charge in [-0.1, -0.05) is 6.92 Å². The van der Waals surface area contributed by atoms with Crippen LogP contribution < -0.4 is 0 Å². The molecule has 0 atom stereocenters. The van der Waals surface area contributed by atoms with Gasteiger partial charge in [0.05, 0.1) is 0 Å². The van der Waals surface area contributed by atoms with E-state index in [0.29, 0.717) is 0 Å². The van der Waals surface area contributed by atoms with Gasteiger partial charge in [0.1, 0.15) is 0 Å². The predicted molar refractivity (Wildman–Crippen MR) is 60.7 cm³/mol. The van der Waals surface area contributed by atoms with Crippen molar-refractivity contribution in [3.63, 3.8) is 0 Å². The summed E-state index contributed by atoms with van der Waals surface area (Å²) in [5.41, 5.74) is 0. The lowest BCUT2D eigenvalue weighted by Crippen LogP contribution is -2.47. The molecule has 0 aromatic rings. The fourth-order valence-corrected chi connectivity index (χ4v) is 2.49. The molecule has 0 aromatic carbocycles. The molecule has 0 spiro atoms. The number of amides is 2. The lowest BCUT2D eigenvalue weighted by atomic mass is 10.0. The molecule has 4 nitrogen and oxygen atoms in total. The van der Waals surface area contributed by atoms with E-state index < -0.39 is 0 Å². The molecule has 0 radical (unpaired) electrons. The van der Waals surface area contributed by atoms with Gasteiger partial charge in [-0.25, -0.2) is 0 Å². The van der Waals surface area contributed by atoms with Crippen molar-refractivity contribution >= 4 is 11.8 Å². The van der Waals surface area contributed by atoms with E-state index in [1.165, 1.54) is 17.1 Å². The van der Waals surface area contributed by atoms with Crippen LogP contribution in [0.3, 0.4) is 0 Å². The zero-order valence-electron chi connectivity index (χ0n) is 9.69. The van der Waals surface area contributed by atoms with Crippen LogP contribution >= 0.6 is 0 Å². The SMILES string of the molecule is CCCN1CCC(N2C(=O)C=CC2=O)CC1. The molecule has 0 aliphatic carbocycles. The average molecular weight is 222 g/mol. The van der Waals surface area contributed by atoms with Crippen LogP contribution in [0.1, 0.15) is 26.2 Å². The molecule has 2 aliphatic heterocycles. The largest absolute Gasteiger partial charge is 0.303 e. The van der Waals surface area contributed by atoms with E-state index in [4.69, 9.17) is 0 Å². The van der Waals surface area contributed by atoms with Gasteiger partial charge < -0.3 is 4.90 Å². The number of piperidine rings is 1. The average Bonchev–Trinajstić information content (AvgIpc) is 2.61. The summed E-state index contributed by atoms with van der Waals surface area (Å²) in [4.78, 5) is 26.8. The van der Waals surface area contributed by atoms with Gasteiger partial charge in [-0.2, -0.15) is 0 Å². The van der Waals surface area contributed by atoms with E-state index in [1.54, 1.807) is 0 Å². The molecule has 1 saturated heterocycles. The van der Waals surface area contributed by atoms with Crippen LogP contribution in [0.5, 0.6) is 0 Å². The van der Waals surface area contributed by atoms with E-state index in [-0.39, 0.29) is 17.9 Å². The van der Waals surface area contributed by atoms with Crippen molar-refractivity contribution in [3.8, 4) is 0 Å². The summed E-state index contributed by atoms with van der Waals surface area (Å²) in [6.45, 7) is 5.28. The van der Waals surface area contributed by atoms with E-state index in [9.17, 15) is 9.59 Å². The second kappa shape index (κ2) is 4.78. The number of hydrogen-bond donors (Lipinski definition) is 0. The Labute approximate surface area is 95.9 Å². The third kappa shape index (κ3) is 2.16. The number of rotatable bonds is 3. The normalized spacial score (nSPS) is 23.4. The van der Waals surface area contributed by atoms with Crippen LogP contribution in [0.2, 0.25) is 0 Å². The summed E-state index contributed by atoms with van der Waals surface area (Å²) >= 11 is 0. The summed E-state index contributed by atoms with van der Waals surface area (Å²) in [5.74, 6) is -0.280. The first-order valence-electron chi connectivity index (χ1n) is 6.00. The van der Waals surface area contributed by atoms with Gasteiger partial charge in [0.15, 0.2) is 0 Å². The van der Waals surface area contributed by atoms with Crippen LogP contribution in [-0.2, 0) is 9.59 Å². The van der Waals surface area contributed by atoms with Gasteiger partial charge in [0.25, 0.3) is 11.8 Å². The lowest BCUT2D eigenvalue weighted by molar-refractivity contribution is -0.140. The molecule has 2 rings (SSSR count).